The van der Waals surface area contributed by atoms with E-state index in [1.54, 1.807) is 30.0 Å². The van der Waals surface area contributed by atoms with Gasteiger partial charge in [0.05, 0.1) is 22.8 Å². The molecule has 0 bridgehead atoms. The number of hydrogen-bond acceptors (Lipinski definition) is 5. The Morgan fingerprint density at radius 2 is 1.80 bits per heavy atom. The number of nitrogens with zero attached hydrogens (tertiary/aromatic N) is 3. The first-order chi connectivity index (χ1) is 16.5. The van der Waals surface area contributed by atoms with E-state index in [-0.39, 0.29) is 23.4 Å². The molecule has 1 amide bonds. The molecule has 35 heavy (non-hydrogen) atoms. The number of carbonyl (C=O) groups excluding carboxylic acids is 1. The number of carbonyl (C=O) groups is 1. The monoisotopic (exact) mass is 498 g/mol. The number of sulfonamides is 1. The number of aryl methyl sites for hydroxylation is 1. The lowest BCUT2D eigenvalue weighted by Crippen LogP contribution is -2.39. The topological polar surface area (TPSA) is 93.5 Å². The van der Waals surface area contributed by atoms with Gasteiger partial charge in [-0.1, -0.05) is 51.1 Å². The summed E-state index contributed by atoms with van der Waals surface area (Å²) < 4.78 is 34.5. The fourth-order valence-electron chi connectivity index (χ4n) is 3.55. The molecule has 0 aliphatic heterocycles. The number of methoxy groups -OCH3 is 1. The quantitative estimate of drug-likeness (QED) is 0.424. The second-order valence-electron chi connectivity index (χ2n) is 9.46. The van der Waals surface area contributed by atoms with Crippen molar-refractivity contribution in [3.8, 4) is 5.69 Å². The normalized spacial score (nSPS) is 12.2. The number of anilines is 1. The van der Waals surface area contributed by atoms with Crippen molar-refractivity contribution in [2.24, 2.45) is 0 Å². The van der Waals surface area contributed by atoms with Gasteiger partial charge in [0.1, 0.15) is 5.82 Å². The van der Waals surface area contributed by atoms with Gasteiger partial charge in [-0.3, -0.25) is 4.79 Å². The lowest BCUT2D eigenvalue weighted by Gasteiger charge is -2.22. The van der Waals surface area contributed by atoms with Crippen molar-refractivity contribution in [3.05, 3.63) is 71.9 Å². The number of aromatic nitrogens is 2. The molecule has 3 aromatic rings. The Bertz CT molecular complexity index is 1250. The highest BCUT2D eigenvalue weighted by atomic mass is 32.2. The standard InChI is InChI=1S/C26H34N4O4S/c1-20-11-9-12-21(17-20)30-24(18-23(28-30)26(2,3)4)27-25(31)19-29(15-10-16-34-5)35(32,33)22-13-7-6-8-14-22/h6-9,11-14,17-18H,10,15-16,19H2,1-5H3,(H,27,31). The lowest BCUT2D eigenvalue weighted by atomic mass is 9.92. The molecular weight excluding hydrogens is 464 g/mol. The molecule has 1 N–H and O–H groups in total. The molecule has 9 heteroatoms. The van der Waals surface area contributed by atoms with Gasteiger partial charge in [0.15, 0.2) is 0 Å². The van der Waals surface area contributed by atoms with E-state index in [0.717, 1.165) is 16.9 Å². The van der Waals surface area contributed by atoms with Crippen LogP contribution in [0.2, 0.25) is 0 Å². The van der Waals surface area contributed by atoms with E-state index < -0.39 is 15.9 Å². The summed E-state index contributed by atoms with van der Waals surface area (Å²) in [5.74, 6) is 0.0376. The van der Waals surface area contributed by atoms with Crippen molar-refractivity contribution in [1.82, 2.24) is 14.1 Å². The summed E-state index contributed by atoms with van der Waals surface area (Å²) in [5, 5.41) is 7.63. The van der Waals surface area contributed by atoms with E-state index in [4.69, 9.17) is 9.84 Å². The largest absolute Gasteiger partial charge is 0.385 e. The van der Waals surface area contributed by atoms with Crippen LogP contribution in [0.1, 0.15) is 38.4 Å². The van der Waals surface area contributed by atoms with Gasteiger partial charge in [0, 0.05) is 31.7 Å². The first-order valence-electron chi connectivity index (χ1n) is 11.5. The molecule has 0 unspecified atom stereocenters. The molecule has 188 valence electrons. The third-order valence-electron chi connectivity index (χ3n) is 5.45. The number of amides is 1. The molecule has 0 aliphatic carbocycles. The SMILES string of the molecule is COCCCN(CC(=O)Nc1cc(C(C)(C)C)nn1-c1cccc(C)c1)S(=O)(=O)c1ccccc1. The second kappa shape index (κ2) is 11.2. The Kier molecular flexibility index (Phi) is 8.47. The van der Waals surface area contributed by atoms with E-state index >= 15 is 0 Å². The minimum absolute atomic E-state index is 0.144. The van der Waals surface area contributed by atoms with Gasteiger partial charge in [-0.2, -0.15) is 9.40 Å². The molecular formula is C26H34N4O4S. The van der Waals surface area contributed by atoms with Crippen LogP contribution in [0.3, 0.4) is 0 Å². The van der Waals surface area contributed by atoms with E-state index in [1.165, 1.54) is 16.4 Å². The van der Waals surface area contributed by atoms with Crippen LogP contribution < -0.4 is 5.32 Å². The fourth-order valence-corrected chi connectivity index (χ4v) is 5.00. The number of benzene rings is 2. The highest BCUT2D eigenvalue weighted by Crippen LogP contribution is 2.27. The first kappa shape index (κ1) is 26.6. The molecule has 2 aromatic carbocycles. The molecule has 0 radical (unpaired) electrons. The minimum atomic E-state index is -3.86. The predicted octanol–water partition coefficient (Wildman–Crippen LogP) is 4.14. The molecule has 0 saturated carbocycles. The Balaban J connectivity index is 1.90. The highest BCUT2D eigenvalue weighted by Gasteiger charge is 2.27. The third kappa shape index (κ3) is 6.78. The first-order valence-corrected chi connectivity index (χ1v) is 13.0. The predicted molar refractivity (Wildman–Crippen MR) is 137 cm³/mol. The molecule has 3 rings (SSSR count). The lowest BCUT2D eigenvalue weighted by molar-refractivity contribution is -0.116. The summed E-state index contributed by atoms with van der Waals surface area (Å²) in [6, 6.07) is 17.8. The maximum Gasteiger partial charge on any atom is 0.243 e. The van der Waals surface area contributed by atoms with Crippen molar-refractivity contribution in [1.29, 1.82) is 0 Å². The van der Waals surface area contributed by atoms with Crippen LogP contribution in [0, 0.1) is 6.92 Å². The summed E-state index contributed by atoms with van der Waals surface area (Å²) in [6.45, 7) is 8.34. The van der Waals surface area contributed by atoms with Crippen LogP contribution in [-0.4, -0.2) is 55.2 Å². The molecule has 0 fully saturated rings. The maximum atomic E-state index is 13.3. The summed E-state index contributed by atoms with van der Waals surface area (Å²) in [7, 11) is -2.30. The Morgan fingerprint density at radius 1 is 1.09 bits per heavy atom. The van der Waals surface area contributed by atoms with Crippen LogP contribution in [0.25, 0.3) is 5.69 Å². The van der Waals surface area contributed by atoms with Crippen LogP contribution in [0.5, 0.6) is 0 Å². The van der Waals surface area contributed by atoms with Crippen molar-refractivity contribution < 1.29 is 17.9 Å². The van der Waals surface area contributed by atoms with Crippen LogP contribution >= 0.6 is 0 Å². The van der Waals surface area contributed by atoms with Gasteiger partial charge >= 0.3 is 0 Å². The zero-order valence-corrected chi connectivity index (χ0v) is 21.8. The third-order valence-corrected chi connectivity index (χ3v) is 7.31. The Morgan fingerprint density at radius 3 is 2.43 bits per heavy atom. The van der Waals surface area contributed by atoms with Crippen LogP contribution in [0.15, 0.2) is 65.6 Å². The fraction of sp³-hybridized carbons (Fsp3) is 0.385. The molecule has 0 atom stereocenters. The van der Waals surface area contributed by atoms with Gasteiger partial charge < -0.3 is 10.1 Å². The molecule has 0 saturated heterocycles. The van der Waals surface area contributed by atoms with Crippen molar-refractivity contribution in [2.45, 2.75) is 44.4 Å². The van der Waals surface area contributed by atoms with Crippen LogP contribution in [-0.2, 0) is 25.0 Å². The summed E-state index contributed by atoms with van der Waals surface area (Å²) >= 11 is 0. The van der Waals surface area contributed by atoms with Gasteiger partial charge in [0.25, 0.3) is 0 Å². The van der Waals surface area contributed by atoms with E-state index in [0.29, 0.717) is 18.8 Å². The van der Waals surface area contributed by atoms with Crippen LogP contribution in [0.4, 0.5) is 5.82 Å². The number of rotatable bonds is 10. The highest BCUT2D eigenvalue weighted by molar-refractivity contribution is 7.89. The van der Waals surface area contributed by atoms with Gasteiger partial charge in [-0.25, -0.2) is 13.1 Å². The molecule has 0 aliphatic rings. The second-order valence-corrected chi connectivity index (χ2v) is 11.4. The summed E-state index contributed by atoms with van der Waals surface area (Å²) in [5.41, 5.74) is 2.44. The van der Waals surface area contributed by atoms with Gasteiger partial charge in [-0.15, -0.1) is 0 Å². The van der Waals surface area contributed by atoms with Crippen molar-refractivity contribution >= 4 is 21.7 Å². The van der Waals surface area contributed by atoms with Crippen molar-refractivity contribution in [3.63, 3.8) is 0 Å². The van der Waals surface area contributed by atoms with E-state index in [9.17, 15) is 13.2 Å². The average molecular weight is 499 g/mol. The zero-order valence-electron chi connectivity index (χ0n) is 21.0. The maximum absolute atomic E-state index is 13.3. The minimum Gasteiger partial charge on any atom is -0.385 e. The number of ether oxygens (including phenoxy) is 1. The molecule has 0 spiro atoms. The Hall–Kier alpha value is -3.01. The van der Waals surface area contributed by atoms with Gasteiger partial charge in [0.2, 0.25) is 15.9 Å². The van der Waals surface area contributed by atoms with E-state index in [2.05, 4.69) is 5.32 Å². The Labute approximate surface area is 208 Å². The number of hydrogen-bond donors (Lipinski definition) is 1. The summed E-state index contributed by atoms with van der Waals surface area (Å²) in [6.07, 6.45) is 0.464. The smallest absolute Gasteiger partial charge is 0.243 e. The van der Waals surface area contributed by atoms with E-state index in [1.807, 2.05) is 58.0 Å². The van der Waals surface area contributed by atoms with Crippen molar-refractivity contribution in [2.75, 3.05) is 32.1 Å². The number of nitrogens with one attached hydrogen (secondary N) is 1. The molecule has 8 nitrogen and oxygen atoms in total. The average Bonchev–Trinajstić information content (AvgIpc) is 3.23. The molecule has 1 aromatic heterocycles. The zero-order chi connectivity index (χ0) is 25.6. The summed E-state index contributed by atoms with van der Waals surface area (Å²) in [4.78, 5) is 13.3. The van der Waals surface area contributed by atoms with Gasteiger partial charge in [-0.05, 0) is 43.2 Å². The molecule has 1 heterocycles.